The SMILES string of the molecule is CC(C)(CC(N)=O)NC(=O)NCCOCC(=O)O. The van der Waals surface area contributed by atoms with E-state index in [4.69, 9.17) is 15.6 Å². The molecule has 0 spiro atoms. The van der Waals surface area contributed by atoms with Crippen molar-refractivity contribution in [2.24, 2.45) is 5.73 Å². The Balaban J connectivity index is 3.77. The van der Waals surface area contributed by atoms with Gasteiger partial charge in [0, 0.05) is 18.5 Å². The van der Waals surface area contributed by atoms with Crippen LogP contribution in [-0.2, 0) is 14.3 Å². The third kappa shape index (κ3) is 9.40. The fraction of sp³-hybridized carbons (Fsp3) is 0.700. The van der Waals surface area contributed by atoms with Gasteiger partial charge in [0.1, 0.15) is 6.61 Å². The van der Waals surface area contributed by atoms with E-state index in [1.54, 1.807) is 13.8 Å². The molecule has 104 valence electrons. The first-order valence-corrected chi connectivity index (χ1v) is 5.37. The van der Waals surface area contributed by atoms with Crippen LogP contribution in [0.5, 0.6) is 0 Å². The van der Waals surface area contributed by atoms with Gasteiger partial charge in [0.05, 0.1) is 6.61 Å². The van der Waals surface area contributed by atoms with Crippen LogP contribution in [0.15, 0.2) is 0 Å². The second kappa shape index (κ2) is 7.49. The van der Waals surface area contributed by atoms with Gasteiger partial charge in [-0.3, -0.25) is 4.79 Å². The Labute approximate surface area is 105 Å². The zero-order chi connectivity index (χ0) is 14.2. The maximum Gasteiger partial charge on any atom is 0.329 e. The van der Waals surface area contributed by atoms with Crippen molar-refractivity contribution in [3.05, 3.63) is 0 Å². The summed E-state index contributed by atoms with van der Waals surface area (Å²) >= 11 is 0. The van der Waals surface area contributed by atoms with Crippen LogP contribution in [0.25, 0.3) is 0 Å². The summed E-state index contributed by atoms with van der Waals surface area (Å²) in [6.07, 6.45) is 0.0237. The molecular formula is C10H19N3O5. The molecule has 0 radical (unpaired) electrons. The van der Waals surface area contributed by atoms with Crippen LogP contribution >= 0.6 is 0 Å². The van der Waals surface area contributed by atoms with Gasteiger partial charge in [-0.2, -0.15) is 0 Å². The highest BCUT2D eigenvalue weighted by Gasteiger charge is 2.22. The van der Waals surface area contributed by atoms with Gasteiger partial charge in [0.25, 0.3) is 0 Å². The van der Waals surface area contributed by atoms with E-state index in [0.29, 0.717) is 0 Å². The van der Waals surface area contributed by atoms with Crippen molar-refractivity contribution in [3.63, 3.8) is 0 Å². The number of ether oxygens (including phenoxy) is 1. The molecule has 5 N–H and O–H groups in total. The van der Waals surface area contributed by atoms with Crippen molar-refractivity contribution in [3.8, 4) is 0 Å². The molecule has 0 rings (SSSR count). The van der Waals surface area contributed by atoms with Crippen LogP contribution in [0.2, 0.25) is 0 Å². The number of carbonyl (C=O) groups is 3. The molecule has 8 nitrogen and oxygen atoms in total. The summed E-state index contributed by atoms with van der Waals surface area (Å²) in [6.45, 7) is 3.19. The van der Waals surface area contributed by atoms with Gasteiger partial charge in [-0.25, -0.2) is 9.59 Å². The number of hydrogen-bond donors (Lipinski definition) is 4. The summed E-state index contributed by atoms with van der Waals surface area (Å²) in [5, 5.41) is 13.3. The second-order valence-corrected chi connectivity index (χ2v) is 4.35. The number of nitrogens with two attached hydrogens (primary N) is 1. The van der Waals surface area contributed by atoms with Gasteiger partial charge in [0.15, 0.2) is 0 Å². The lowest BCUT2D eigenvalue weighted by atomic mass is 10.0. The van der Waals surface area contributed by atoms with E-state index in [1.807, 2.05) is 0 Å². The zero-order valence-electron chi connectivity index (χ0n) is 10.5. The maximum absolute atomic E-state index is 11.4. The predicted octanol–water partition coefficient (Wildman–Crippen LogP) is -0.959. The standard InChI is InChI=1S/C10H19N3O5/c1-10(2,5-7(11)14)13-9(17)12-3-4-18-6-8(15)16/h3-6H2,1-2H3,(H2,11,14)(H,15,16)(H2,12,13,17). The molecule has 0 heterocycles. The first-order valence-electron chi connectivity index (χ1n) is 5.37. The highest BCUT2D eigenvalue weighted by atomic mass is 16.5. The van der Waals surface area contributed by atoms with Gasteiger partial charge in [-0.1, -0.05) is 0 Å². The minimum absolute atomic E-state index is 0.0237. The fourth-order valence-corrected chi connectivity index (χ4v) is 1.23. The van der Waals surface area contributed by atoms with Crippen LogP contribution in [0.4, 0.5) is 4.79 Å². The van der Waals surface area contributed by atoms with Gasteiger partial charge in [-0.15, -0.1) is 0 Å². The lowest BCUT2D eigenvalue weighted by Gasteiger charge is -2.24. The number of carbonyl (C=O) groups excluding carboxylic acids is 2. The molecule has 0 aromatic carbocycles. The summed E-state index contributed by atoms with van der Waals surface area (Å²) < 4.78 is 4.72. The molecule has 0 fully saturated rings. The van der Waals surface area contributed by atoms with E-state index in [9.17, 15) is 14.4 Å². The molecule has 18 heavy (non-hydrogen) atoms. The Morgan fingerprint density at radius 3 is 2.44 bits per heavy atom. The Kier molecular flexibility index (Phi) is 6.73. The Morgan fingerprint density at radius 2 is 1.94 bits per heavy atom. The molecule has 3 amide bonds. The van der Waals surface area contributed by atoms with Crippen LogP contribution in [0.1, 0.15) is 20.3 Å². The van der Waals surface area contributed by atoms with E-state index < -0.39 is 30.1 Å². The predicted molar refractivity (Wildman–Crippen MR) is 62.9 cm³/mol. The van der Waals surface area contributed by atoms with Crippen molar-refractivity contribution >= 4 is 17.9 Å². The third-order valence-corrected chi connectivity index (χ3v) is 1.83. The van der Waals surface area contributed by atoms with E-state index in [1.165, 1.54) is 0 Å². The molecule has 0 unspecified atom stereocenters. The highest BCUT2D eigenvalue weighted by Crippen LogP contribution is 2.06. The van der Waals surface area contributed by atoms with Gasteiger partial charge in [-0.05, 0) is 13.8 Å². The average Bonchev–Trinajstić information content (AvgIpc) is 2.13. The Morgan fingerprint density at radius 1 is 1.33 bits per heavy atom. The average molecular weight is 261 g/mol. The number of primary amides is 1. The van der Waals surface area contributed by atoms with E-state index in [2.05, 4.69) is 10.6 Å². The number of carboxylic acids is 1. The lowest BCUT2D eigenvalue weighted by Crippen LogP contribution is -2.50. The highest BCUT2D eigenvalue weighted by molar-refractivity contribution is 5.78. The van der Waals surface area contributed by atoms with Crippen molar-refractivity contribution in [2.75, 3.05) is 19.8 Å². The topological polar surface area (TPSA) is 131 Å². The summed E-state index contributed by atoms with van der Waals surface area (Å²) in [5.74, 6) is -1.58. The minimum atomic E-state index is -1.07. The number of urea groups is 1. The Bertz CT molecular complexity index is 317. The number of nitrogens with one attached hydrogen (secondary N) is 2. The number of hydrogen-bond acceptors (Lipinski definition) is 4. The number of rotatable bonds is 8. The maximum atomic E-state index is 11.4. The second-order valence-electron chi connectivity index (χ2n) is 4.35. The quantitative estimate of drug-likeness (QED) is 0.418. The van der Waals surface area contributed by atoms with Crippen molar-refractivity contribution in [2.45, 2.75) is 25.8 Å². The summed E-state index contributed by atoms with van der Waals surface area (Å²) in [5.41, 5.74) is 4.30. The molecule has 0 aromatic heterocycles. The van der Waals surface area contributed by atoms with Crippen molar-refractivity contribution < 1.29 is 24.2 Å². The van der Waals surface area contributed by atoms with Crippen LogP contribution in [0, 0.1) is 0 Å². The molecule has 0 aliphatic rings. The summed E-state index contributed by atoms with van der Waals surface area (Å²) in [6, 6.07) is -0.472. The number of carboxylic acid groups (broad SMARTS) is 1. The molecule has 0 aromatic rings. The molecule has 0 saturated heterocycles. The monoisotopic (exact) mass is 261 g/mol. The van der Waals surface area contributed by atoms with E-state index in [0.717, 1.165) is 0 Å². The van der Waals surface area contributed by atoms with Crippen LogP contribution in [0.3, 0.4) is 0 Å². The smallest absolute Gasteiger partial charge is 0.329 e. The Hall–Kier alpha value is -1.83. The largest absolute Gasteiger partial charge is 0.480 e. The van der Waals surface area contributed by atoms with Crippen molar-refractivity contribution in [1.82, 2.24) is 10.6 Å². The molecule has 0 saturated carbocycles. The van der Waals surface area contributed by atoms with E-state index >= 15 is 0 Å². The van der Waals surface area contributed by atoms with Gasteiger partial charge >= 0.3 is 12.0 Å². The molecule has 8 heteroatoms. The first-order chi connectivity index (χ1) is 8.23. The molecule has 0 atom stereocenters. The minimum Gasteiger partial charge on any atom is -0.480 e. The van der Waals surface area contributed by atoms with Gasteiger partial charge in [0.2, 0.25) is 5.91 Å². The van der Waals surface area contributed by atoms with Crippen molar-refractivity contribution in [1.29, 1.82) is 0 Å². The molecule has 0 aliphatic carbocycles. The lowest BCUT2D eigenvalue weighted by molar-refractivity contribution is -0.142. The fourth-order valence-electron chi connectivity index (χ4n) is 1.23. The third-order valence-electron chi connectivity index (χ3n) is 1.83. The molecule has 0 bridgehead atoms. The first kappa shape index (κ1) is 16.2. The van der Waals surface area contributed by atoms with Crippen LogP contribution in [-0.4, -0.2) is 48.3 Å². The molecule has 0 aliphatic heterocycles. The number of aliphatic carboxylic acids is 1. The number of amides is 3. The normalized spacial score (nSPS) is 10.8. The summed E-state index contributed by atoms with van der Waals surface area (Å²) in [7, 11) is 0. The van der Waals surface area contributed by atoms with E-state index in [-0.39, 0.29) is 19.6 Å². The molecular weight excluding hydrogens is 242 g/mol. The van der Waals surface area contributed by atoms with Gasteiger partial charge < -0.3 is 26.2 Å². The van der Waals surface area contributed by atoms with Crippen LogP contribution < -0.4 is 16.4 Å². The summed E-state index contributed by atoms with van der Waals surface area (Å²) in [4.78, 5) is 32.2. The zero-order valence-corrected chi connectivity index (χ0v) is 10.5.